The zero-order valence-corrected chi connectivity index (χ0v) is 18.7. The smallest absolute Gasteiger partial charge is 0.232 e. The van der Waals surface area contributed by atoms with Gasteiger partial charge in [0.05, 0.1) is 40.4 Å². The number of nitrogens with one attached hydrogen (secondary N) is 1. The average molecular weight is 437 g/mol. The van der Waals surface area contributed by atoms with Crippen molar-refractivity contribution in [1.29, 1.82) is 0 Å². The van der Waals surface area contributed by atoms with Crippen LogP contribution in [0.2, 0.25) is 0 Å². The molecule has 0 saturated carbocycles. The number of nitrogens with zero attached hydrogens (tertiary/aromatic N) is 5. The molecule has 1 aliphatic rings. The first-order valence-electron chi connectivity index (χ1n) is 9.87. The van der Waals surface area contributed by atoms with Gasteiger partial charge in [0.25, 0.3) is 0 Å². The van der Waals surface area contributed by atoms with Crippen molar-refractivity contribution in [2.45, 2.75) is 26.7 Å². The van der Waals surface area contributed by atoms with Gasteiger partial charge in [-0.3, -0.25) is 14.3 Å². The van der Waals surface area contributed by atoms with Crippen LogP contribution in [0.25, 0.3) is 0 Å². The molecule has 8 nitrogen and oxygen atoms in total. The number of pyridine rings is 1. The highest BCUT2D eigenvalue weighted by Crippen LogP contribution is 2.38. The predicted octanol–water partition coefficient (Wildman–Crippen LogP) is 3.56. The molecule has 9 heteroatoms. The van der Waals surface area contributed by atoms with Crippen molar-refractivity contribution >= 4 is 38.5 Å². The molecule has 31 heavy (non-hydrogen) atoms. The Morgan fingerprint density at radius 3 is 2.52 bits per heavy atom. The summed E-state index contributed by atoms with van der Waals surface area (Å²) >= 11 is 0. The quantitative estimate of drug-likeness (QED) is 0.634. The van der Waals surface area contributed by atoms with Gasteiger partial charge in [0, 0.05) is 31.3 Å². The molecule has 3 aromatic rings. The number of benzene rings is 1. The maximum absolute atomic E-state index is 12.1. The van der Waals surface area contributed by atoms with Crippen molar-refractivity contribution in [2.75, 3.05) is 22.9 Å². The van der Waals surface area contributed by atoms with Gasteiger partial charge in [0.2, 0.25) is 10.0 Å². The molecule has 2 aromatic heterocycles. The van der Waals surface area contributed by atoms with Crippen LogP contribution >= 0.6 is 0 Å². The highest BCUT2D eigenvalue weighted by molar-refractivity contribution is 7.92. The van der Waals surface area contributed by atoms with Gasteiger partial charge in [0.1, 0.15) is 5.69 Å². The van der Waals surface area contributed by atoms with E-state index < -0.39 is 10.0 Å². The molecule has 1 aliphatic heterocycles. The summed E-state index contributed by atoms with van der Waals surface area (Å²) in [6.45, 7) is 3.87. The molecule has 4 rings (SSSR count). The molecule has 3 heterocycles. The van der Waals surface area contributed by atoms with E-state index in [0.717, 1.165) is 39.9 Å². The number of hydrogen-bond donors (Lipinski definition) is 1. The van der Waals surface area contributed by atoms with Crippen LogP contribution < -0.4 is 9.62 Å². The van der Waals surface area contributed by atoms with Gasteiger partial charge in [-0.2, -0.15) is 10.2 Å². The van der Waals surface area contributed by atoms with Crippen molar-refractivity contribution < 1.29 is 8.42 Å². The molecule has 0 amide bonds. The monoisotopic (exact) mass is 436 g/mol. The molecule has 1 N–H and O–H groups in total. The van der Waals surface area contributed by atoms with Gasteiger partial charge < -0.3 is 5.32 Å². The fraction of sp³-hybridized carbons (Fsp3) is 0.273. The van der Waals surface area contributed by atoms with E-state index in [9.17, 15) is 8.42 Å². The van der Waals surface area contributed by atoms with Crippen LogP contribution in [-0.2, 0) is 22.9 Å². The van der Waals surface area contributed by atoms with E-state index in [0.29, 0.717) is 24.2 Å². The Kier molecular flexibility index (Phi) is 5.45. The lowest BCUT2D eigenvalue weighted by molar-refractivity contribution is 0.600. The molecular weight excluding hydrogens is 412 g/mol. The summed E-state index contributed by atoms with van der Waals surface area (Å²) in [5, 5.41) is 11.8. The maximum atomic E-state index is 12.1. The second kappa shape index (κ2) is 8.07. The van der Waals surface area contributed by atoms with Gasteiger partial charge >= 0.3 is 0 Å². The summed E-state index contributed by atoms with van der Waals surface area (Å²) in [5.41, 5.74) is 7.22. The van der Waals surface area contributed by atoms with E-state index in [1.165, 1.54) is 17.6 Å². The highest BCUT2D eigenvalue weighted by atomic mass is 32.2. The zero-order chi connectivity index (χ0) is 22.2. The normalized spacial score (nSPS) is 13.0. The summed E-state index contributed by atoms with van der Waals surface area (Å²) in [6, 6.07) is 13.1. The molecule has 0 radical (unpaired) electrons. The number of fused-ring (bicyclic) bond motifs is 1. The standard InChI is InChI=1S/C22H24N6O2S/c1-14-9-10-16(27-26-14)12-17-13-20(22-19(24-17)11-15(2)23-22)25-18-7-5-6-8-21(18)28(3)31(4,29)30/h5-10,13H,11-12H2,1-4H3,(H,24,25). The van der Waals surface area contributed by atoms with E-state index in [-0.39, 0.29) is 0 Å². The minimum absolute atomic E-state index is 0.541. The largest absolute Gasteiger partial charge is 0.352 e. The van der Waals surface area contributed by atoms with E-state index >= 15 is 0 Å². The topological polar surface area (TPSA) is 100 Å². The summed E-state index contributed by atoms with van der Waals surface area (Å²) in [5.74, 6) is 0. The summed E-state index contributed by atoms with van der Waals surface area (Å²) in [6.07, 6.45) is 2.41. The van der Waals surface area contributed by atoms with Crippen molar-refractivity contribution in [3.05, 3.63) is 65.2 Å². The molecule has 0 aliphatic carbocycles. The molecular formula is C22H24N6O2S. The number of aryl methyl sites for hydroxylation is 1. The Hall–Kier alpha value is -3.33. The lowest BCUT2D eigenvalue weighted by Gasteiger charge is -2.21. The molecule has 0 atom stereocenters. The first kappa shape index (κ1) is 20.9. The summed E-state index contributed by atoms with van der Waals surface area (Å²) < 4.78 is 25.5. The second-order valence-electron chi connectivity index (χ2n) is 7.70. The minimum Gasteiger partial charge on any atom is -0.352 e. The number of anilines is 3. The molecule has 0 saturated heterocycles. The van der Waals surface area contributed by atoms with Crippen LogP contribution in [0.1, 0.15) is 29.7 Å². The lowest BCUT2D eigenvalue weighted by atomic mass is 10.1. The van der Waals surface area contributed by atoms with E-state index in [1.54, 1.807) is 6.07 Å². The number of sulfonamides is 1. The van der Waals surface area contributed by atoms with Gasteiger partial charge in [-0.1, -0.05) is 12.1 Å². The zero-order valence-electron chi connectivity index (χ0n) is 17.9. The molecule has 0 unspecified atom stereocenters. The number of para-hydroxylation sites is 2. The second-order valence-corrected chi connectivity index (χ2v) is 9.71. The SMILES string of the molecule is CC1=Nc2c(Nc3ccccc3N(C)S(C)(=O)=O)cc(Cc3ccc(C)nn3)nc2C1. The molecule has 0 spiro atoms. The minimum atomic E-state index is -3.41. The number of aliphatic imine (C=N–C) groups is 1. The third-order valence-corrected chi connectivity index (χ3v) is 6.26. The Labute approximate surface area is 182 Å². The Morgan fingerprint density at radius 1 is 1.03 bits per heavy atom. The van der Waals surface area contributed by atoms with Crippen molar-refractivity contribution in [3.63, 3.8) is 0 Å². The van der Waals surface area contributed by atoms with Crippen LogP contribution in [0.5, 0.6) is 0 Å². The van der Waals surface area contributed by atoms with Crippen LogP contribution in [0.4, 0.5) is 22.7 Å². The highest BCUT2D eigenvalue weighted by Gasteiger charge is 2.21. The van der Waals surface area contributed by atoms with E-state index in [1.807, 2.05) is 50.2 Å². The van der Waals surface area contributed by atoms with Crippen LogP contribution in [0.3, 0.4) is 0 Å². The van der Waals surface area contributed by atoms with E-state index in [4.69, 9.17) is 4.98 Å². The van der Waals surface area contributed by atoms with Gasteiger partial charge in [0.15, 0.2) is 0 Å². The van der Waals surface area contributed by atoms with Gasteiger partial charge in [-0.05, 0) is 44.2 Å². The summed E-state index contributed by atoms with van der Waals surface area (Å²) in [7, 11) is -1.87. The Morgan fingerprint density at radius 2 is 1.81 bits per heavy atom. The first-order valence-corrected chi connectivity index (χ1v) is 11.7. The van der Waals surface area contributed by atoms with Crippen LogP contribution in [0, 0.1) is 6.92 Å². The predicted molar refractivity (Wildman–Crippen MR) is 123 cm³/mol. The van der Waals surface area contributed by atoms with E-state index in [2.05, 4.69) is 20.5 Å². The third-order valence-electron chi connectivity index (χ3n) is 5.07. The Bertz CT molecular complexity index is 1270. The maximum Gasteiger partial charge on any atom is 0.232 e. The number of rotatable bonds is 6. The van der Waals surface area contributed by atoms with Crippen LogP contribution in [-0.4, -0.2) is 42.6 Å². The molecule has 1 aromatic carbocycles. The Balaban J connectivity index is 1.73. The molecule has 0 bridgehead atoms. The fourth-order valence-corrected chi connectivity index (χ4v) is 3.96. The summed E-state index contributed by atoms with van der Waals surface area (Å²) in [4.78, 5) is 9.45. The van der Waals surface area contributed by atoms with Crippen molar-refractivity contribution in [1.82, 2.24) is 15.2 Å². The van der Waals surface area contributed by atoms with Crippen LogP contribution in [0.15, 0.2) is 47.5 Å². The number of hydrogen-bond acceptors (Lipinski definition) is 7. The van der Waals surface area contributed by atoms with Crippen molar-refractivity contribution in [2.24, 2.45) is 4.99 Å². The number of aromatic nitrogens is 3. The van der Waals surface area contributed by atoms with Gasteiger partial charge in [-0.15, -0.1) is 0 Å². The third kappa shape index (κ3) is 4.56. The average Bonchev–Trinajstić information content (AvgIpc) is 3.09. The first-order chi connectivity index (χ1) is 14.7. The lowest BCUT2D eigenvalue weighted by Crippen LogP contribution is -2.25. The van der Waals surface area contributed by atoms with Crippen molar-refractivity contribution in [3.8, 4) is 0 Å². The fourth-order valence-electron chi connectivity index (χ4n) is 3.44. The van der Waals surface area contributed by atoms with Gasteiger partial charge in [-0.25, -0.2) is 8.42 Å². The molecule has 160 valence electrons. The molecule has 0 fully saturated rings.